The number of benzene rings is 1. The molecule has 2 aromatic rings. The lowest BCUT2D eigenvalue weighted by molar-refractivity contribution is -0.134. The van der Waals surface area contributed by atoms with Gasteiger partial charge in [0.25, 0.3) is 5.91 Å². The number of esters is 1. The molecule has 7 nitrogen and oxygen atoms in total. The lowest BCUT2D eigenvalue weighted by Gasteiger charge is -2.35. The highest BCUT2D eigenvalue weighted by Gasteiger charge is 2.23. The second-order valence-corrected chi connectivity index (χ2v) is 5.93. The van der Waals surface area contributed by atoms with Crippen LogP contribution in [0.15, 0.2) is 48.7 Å². The number of nitrogens with one attached hydrogen (secondary N) is 1. The summed E-state index contributed by atoms with van der Waals surface area (Å²) in [6, 6.07) is 12.8. The van der Waals surface area contributed by atoms with Crippen molar-refractivity contribution >= 4 is 23.4 Å². The van der Waals surface area contributed by atoms with Gasteiger partial charge in [0.05, 0.1) is 5.56 Å². The third kappa shape index (κ3) is 4.11. The van der Waals surface area contributed by atoms with Crippen LogP contribution in [0.25, 0.3) is 0 Å². The number of aromatic nitrogens is 1. The van der Waals surface area contributed by atoms with Gasteiger partial charge in [-0.05, 0) is 24.3 Å². The van der Waals surface area contributed by atoms with Gasteiger partial charge >= 0.3 is 5.97 Å². The zero-order valence-corrected chi connectivity index (χ0v) is 14.7. The lowest BCUT2D eigenvalue weighted by Crippen LogP contribution is -2.50. The predicted molar refractivity (Wildman–Crippen MR) is 99.3 cm³/mol. The van der Waals surface area contributed by atoms with Gasteiger partial charge in [0, 0.05) is 45.1 Å². The van der Waals surface area contributed by atoms with E-state index in [0.717, 1.165) is 5.82 Å². The van der Waals surface area contributed by atoms with Crippen LogP contribution >= 0.6 is 0 Å². The summed E-state index contributed by atoms with van der Waals surface area (Å²) in [4.78, 5) is 32.7. The van der Waals surface area contributed by atoms with Crippen LogP contribution in [-0.4, -0.2) is 61.6 Å². The molecule has 1 fully saturated rings. The van der Waals surface area contributed by atoms with E-state index in [4.69, 9.17) is 4.74 Å². The number of pyridine rings is 1. The van der Waals surface area contributed by atoms with Crippen LogP contribution in [-0.2, 0) is 9.53 Å². The van der Waals surface area contributed by atoms with Crippen LogP contribution < -0.4 is 10.2 Å². The van der Waals surface area contributed by atoms with E-state index in [2.05, 4.69) is 15.2 Å². The fourth-order valence-corrected chi connectivity index (χ4v) is 2.90. The predicted octanol–water partition coefficient (Wildman–Crippen LogP) is 1.63. The van der Waals surface area contributed by atoms with Gasteiger partial charge in [-0.3, -0.25) is 4.79 Å². The number of anilines is 2. The summed E-state index contributed by atoms with van der Waals surface area (Å²) in [7, 11) is 1.73. The van der Waals surface area contributed by atoms with Crippen LogP contribution in [0.3, 0.4) is 0 Å². The van der Waals surface area contributed by atoms with Crippen LogP contribution in [0, 0.1) is 0 Å². The van der Waals surface area contributed by atoms with Crippen LogP contribution in [0.2, 0.25) is 0 Å². The Morgan fingerprint density at radius 2 is 1.81 bits per heavy atom. The van der Waals surface area contributed by atoms with Gasteiger partial charge in [-0.1, -0.05) is 18.2 Å². The number of piperazine rings is 1. The summed E-state index contributed by atoms with van der Waals surface area (Å²) in [5.41, 5.74) is 1.09. The molecule has 0 radical (unpaired) electrons. The fourth-order valence-electron chi connectivity index (χ4n) is 2.90. The van der Waals surface area contributed by atoms with E-state index in [-0.39, 0.29) is 12.5 Å². The molecule has 1 aliphatic heterocycles. The van der Waals surface area contributed by atoms with E-state index in [9.17, 15) is 9.59 Å². The first kappa shape index (κ1) is 17.7. The first-order valence-electron chi connectivity index (χ1n) is 8.56. The summed E-state index contributed by atoms with van der Waals surface area (Å²) in [6.45, 7) is 2.33. The molecule has 7 heteroatoms. The Kier molecular flexibility index (Phi) is 5.68. The van der Waals surface area contributed by atoms with E-state index < -0.39 is 5.97 Å². The molecule has 0 atom stereocenters. The maximum atomic E-state index is 12.3. The molecular weight excluding hydrogens is 332 g/mol. The molecule has 0 spiro atoms. The minimum Gasteiger partial charge on any atom is -0.452 e. The molecule has 1 aliphatic rings. The number of para-hydroxylation sites is 1. The van der Waals surface area contributed by atoms with Crippen molar-refractivity contribution < 1.29 is 14.3 Å². The minimum atomic E-state index is -0.504. The Morgan fingerprint density at radius 3 is 2.50 bits per heavy atom. The number of hydrogen-bond donors (Lipinski definition) is 1. The molecule has 2 heterocycles. The molecular formula is C19H22N4O3. The number of hydrogen-bond acceptors (Lipinski definition) is 6. The normalized spacial score (nSPS) is 14.0. The fraction of sp³-hybridized carbons (Fsp3) is 0.316. The standard InChI is InChI=1S/C19H22N4O3/c1-20-16-7-3-2-6-15(16)19(25)26-14-18(24)23-12-10-22(11-13-23)17-8-4-5-9-21-17/h2-9,20H,10-14H2,1H3. The molecule has 0 bridgehead atoms. The zero-order valence-electron chi connectivity index (χ0n) is 14.7. The SMILES string of the molecule is CNc1ccccc1C(=O)OCC(=O)N1CCN(c2ccccn2)CC1. The third-order valence-corrected chi connectivity index (χ3v) is 4.35. The zero-order chi connectivity index (χ0) is 18.4. The summed E-state index contributed by atoms with van der Waals surface area (Å²) in [6.07, 6.45) is 1.76. The maximum absolute atomic E-state index is 12.3. The molecule has 0 unspecified atom stereocenters. The minimum absolute atomic E-state index is 0.180. The first-order valence-corrected chi connectivity index (χ1v) is 8.56. The monoisotopic (exact) mass is 354 g/mol. The van der Waals surface area contributed by atoms with Gasteiger partial charge in [0.1, 0.15) is 5.82 Å². The Labute approximate surface area is 152 Å². The molecule has 0 aliphatic carbocycles. The first-order chi connectivity index (χ1) is 12.7. The second kappa shape index (κ2) is 8.33. The van der Waals surface area contributed by atoms with Gasteiger partial charge in [-0.25, -0.2) is 9.78 Å². The van der Waals surface area contributed by atoms with E-state index in [1.807, 2.05) is 24.3 Å². The number of amides is 1. The van der Waals surface area contributed by atoms with Crippen molar-refractivity contribution in [3.63, 3.8) is 0 Å². The summed E-state index contributed by atoms with van der Waals surface area (Å²) >= 11 is 0. The molecule has 1 aromatic carbocycles. The molecule has 1 N–H and O–H groups in total. The van der Waals surface area contributed by atoms with E-state index in [0.29, 0.717) is 37.4 Å². The summed E-state index contributed by atoms with van der Waals surface area (Å²) in [5.74, 6) is 0.228. The number of nitrogens with zero attached hydrogens (tertiary/aromatic N) is 3. The summed E-state index contributed by atoms with van der Waals surface area (Å²) in [5, 5.41) is 2.94. The van der Waals surface area contributed by atoms with Crippen molar-refractivity contribution in [3.05, 3.63) is 54.2 Å². The van der Waals surface area contributed by atoms with Gasteiger partial charge in [0.2, 0.25) is 0 Å². The number of carbonyl (C=O) groups excluding carboxylic acids is 2. The lowest BCUT2D eigenvalue weighted by atomic mass is 10.2. The highest BCUT2D eigenvalue weighted by Crippen LogP contribution is 2.16. The van der Waals surface area contributed by atoms with Gasteiger partial charge in [0.15, 0.2) is 6.61 Å². The molecule has 0 saturated carbocycles. The second-order valence-electron chi connectivity index (χ2n) is 5.93. The van der Waals surface area contributed by atoms with E-state index in [1.54, 1.807) is 36.3 Å². The van der Waals surface area contributed by atoms with Crippen LogP contribution in [0.1, 0.15) is 10.4 Å². The van der Waals surface area contributed by atoms with Crippen LogP contribution in [0.4, 0.5) is 11.5 Å². The highest BCUT2D eigenvalue weighted by atomic mass is 16.5. The Morgan fingerprint density at radius 1 is 1.08 bits per heavy atom. The van der Waals surface area contributed by atoms with Crippen LogP contribution in [0.5, 0.6) is 0 Å². The molecule has 26 heavy (non-hydrogen) atoms. The Balaban J connectivity index is 1.49. The van der Waals surface area contributed by atoms with Crippen molar-refractivity contribution in [1.29, 1.82) is 0 Å². The quantitative estimate of drug-likeness (QED) is 0.823. The number of carbonyl (C=O) groups is 2. The third-order valence-electron chi connectivity index (χ3n) is 4.35. The van der Waals surface area contributed by atoms with Crippen molar-refractivity contribution in [3.8, 4) is 0 Å². The van der Waals surface area contributed by atoms with Gasteiger partial charge < -0.3 is 19.9 Å². The number of ether oxygens (including phenoxy) is 1. The van der Waals surface area contributed by atoms with Crippen molar-refractivity contribution in [2.45, 2.75) is 0 Å². The van der Waals surface area contributed by atoms with Gasteiger partial charge in [-0.2, -0.15) is 0 Å². The average molecular weight is 354 g/mol. The average Bonchev–Trinajstić information content (AvgIpc) is 2.72. The van der Waals surface area contributed by atoms with Gasteiger partial charge in [-0.15, -0.1) is 0 Å². The summed E-state index contributed by atoms with van der Waals surface area (Å²) < 4.78 is 5.20. The van der Waals surface area contributed by atoms with E-state index in [1.165, 1.54) is 0 Å². The Bertz CT molecular complexity index is 758. The topological polar surface area (TPSA) is 74.8 Å². The van der Waals surface area contributed by atoms with Crippen molar-refractivity contribution in [2.24, 2.45) is 0 Å². The maximum Gasteiger partial charge on any atom is 0.340 e. The molecule has 3 rings (SSSR count). The molecule has 1 saturated heterocycles. The number of rotatable bonds is 5. The smallest absolute Gasteiger partial charge is 0.340 e. The largest absolute Gasteiger partial charge is 0.452 e. The van der Waals surface area contributed by atoms with E-state index >= 15 is 0 Å². The van der Waals surface area contributed by atoms with Crippen molar-refractivity contribution in [2.75, 3.05) is 50.1 Å². The molecule has 1 amide bonds. The highest BCUT2D eigenvalue weighted by molar-refractivity contribution is 5.96. The molecule has 1 aromatic heterocycles. The van der Waals surface area contributed by atoms with Crippen molar-refractivity contribution in [1.82, 2.24) is 9.88 Å². The molecule has 136 valence electrons. The Hall–Kier alpha value is -3.09.